The maximum absolute atomic E-state index is 12.1. The van der Waals surface area contributed by atoms with Gasteiger partial charge in [-0.25, -0.2) is 4.98 Å². The number of fused-ring (bicyclic) bond motifs is 1. The highest BCUT2D eigenvalue weighted by molar-refractivity contribution is 7.18. The quantitative estimate of drug-likeness (QED) is 0.305. The summed E-state index contributed by atoms with van der Waals surface area (Å²) in [6.45, 7) is 0.465. The van der Waals surface area contributed by atoms with Crippen molar-refractivity contribution in [2.45, 2.75) is 12.8 Å². The maximum atomic E-state index is 12.1. The van der Waals surface area contributed by atoms with Crippen molar-refractivity contribution in [3.05, 3.63) is 63.1 Å². The van der Waals surface area contributed by atoms with Crippen LogP contribution < -0.4 is 11.1 Å². The predicted octanol–water partition coefficient (Wildman–Crippen LogP) is 3.15. The zero-order chi connectivity index (χ0) is 17.8. The third-order valence-electron chi connectivity index (χ3n) is 3.68. The second-order valence-corrected chi connectivity index (χ2v) is 6.58. The number of aryl methyl sites for hydroxylation is 1. The van der Waals surface area contributed by atoms with Crippen molar-refractivity contribution in [2.75, 3.05) is 12.3 Å². The number of rotatable bonds is 6. The number of nitro groups is 1. The van der Waals surface area contributed by atoms with Gasteiger partial charge in [0.15, 0.2) is 0 Å². The first-order chi connectivity index (χ1) is 12.0. The number of anilines is 1. The average molecular weight is 356 g/mol. The van der Waals surface area contributed by atoms with E-state index in [9.17, 15) is 14.9 Å². The molecule has 1 heterocycles. The van der Waals surface area contributed by atoms with Crippen LogP contribution in [0.4, 0.5) is 11.4 Å². The van der Waals surface area contributed by atoms with E-state index in [1.807, 2.05) is 24.3 Å². The Kier molecular flexibility index (Phi) is 4.90. The van der Waals surface area contributed by atoms with Crippen LogP contribution in [0.15, 0.2) is 42.5 Å². The van der Waals surface area contributed by atoms with Gasteiger partial charge < -0.3 is 11.1 Å². The fourth-order valence-electron chi connectivity index (χ4n) is 2.41. The van der Waals surface area contributed by atoms with Crippen molar-refractivity contribution in [1.82, 2.24) is 10.3 Å². The maximum Gasteiger partial charge on any atom is 0.292 e. The van der Waals surface area contributed by atoms with Gasteiger partial charge in [-0.2, -0.15) is 0 Å². The number of carbonyl (C=O) groups is 1. The van der Waals surface area contributed by atoms with Crippen LogP contribution in [0.25, 0.3) is 10.2 Å². The number of nitrogens with two attached hydrogens (primary N) is 1. The van der Waals surface area contributed by atoms with E-state index in [0.717, 1.165) is 28.1 Å². The van der Waals surface area contributed by atoms with Crippen molar-refractivity contribution in [1.29, 1.82) is 0 Å². The van der Waals surface area contributed by atoms with Gasteiger partial charge in [-0.1, -0.05) is 12.1 Å². The molecular weight excluding hydrogens is 340 g/mol. The first kappa shape index (κ1) is 16.8. The summed E-state index contributed by atoms with van der Waals surface area (Å²) in [6, 6.07) is 12.0. The highest BCUT2D eigenvalue weighted by Crippen LogP contribution is 2.23. The molecule has 1 amide bonds. The van der Waals surface area contributed by atoms with Crippen molar-refractivity contribution in [3.63, 3.8) is 0 Å². The number of amides is 1. The molecule has 7 nitrogen and oxygen atoms in total. The number of hydrogen-bond donors (Lipinski definition) is 2. The first-order valence-electron chi connectivity index (χ1n) is 7.71. The molecule has 3 aromatic rings. The molecule has 0 aliphatic heterocycles. The summed E-state index contributed by atoms with van der Waals surface area (Å²) in [7, 11) is 0. The molecule has 1 aromatic heterocycles. The Morgan fingerprint density at radius 1 is 1.28 bits per heavy atom. The standard InChI is InChI=1S/C17H16N4O3S/c18-12-8-7-11(10-14(12)21(23)24)17(22)19-9-3-6-16-20-13-4-1-2-5-15(13)25-16/h1-2,4-5,7-8,10H,3,6,9,18H2,(H,19,22). The lowest BCUT2D eigenvalue weighted by molar-refractivity contribution is -0.383. The third-order valence-corrected chi connectivity index (χ3v) is 4.78. The van der Waals surface area contributed by atoms with Gasteiger partial charge in [0.2, 0.25) is 0 Å². The summed E-state index contributed by atoms with van der Waals surface area (Å²) in [5.41, 5.74) is 6.52. The van der Waals surface area contributed by atoms with E-state index in [2.05, 4.69) is 10.3 Å². The van der Waals surface area contributed by atoms with E-state index in [4.69, 9.17) is 5.73 Å². The molecule has 3 N–H and O–H groups in total. The Hall–Kier alpha value is -3.00. The molecule has 0 atom stereocenters. The number of carbonyl (C=O) groups excluding carboxylic acids is 1. The monoisotopic (exact) mass is 356 g/mol. The van der Waals surface area contributed by atoms with Gasteiger partial charge in [0.1, 0.15) is 5.69 Å². The lowest BCUT2D eigenvalue weighted by Crippen LogP contribution is -2.24. The van der Waals surface area contributed by atoms with Gasteiger partial charge in [0.05, 0.1) is 20.1 Å². The van der Waals surface area contributed by atoms with E-state index in [0.29, 0.717) is 6.54 Å². The molecule has 0 radical (unpaired) electrons. The fraction of sp³-hybridized carbons (Fsp3) is 0.176. The summed E-state index contributed by atoms with van der Waals surface area (Å²) in [6.07, 6.45) is 1.50. The second-order valence-electron chi connectivity index (χ2n) is 5.47. The molecule has 25 heavy (non-hydrogen) atoms. The Morgan fingerprint density at radius 2 is 2.08 bits per heavy atom. The minimum Gasteiger partial charge on any atom is -0.393 e. The summed E-state index contributed by atoms with van der Waals surface area (Å²) < 4.78 is 1.15. The number of nitro benzene ring substituents is 1. The van der Waals surface area contributed by atoms with Crippen LogP contribution in [0, 0.1) is 10.1 Å². The molecule has 128 valence electrons. The first-order valence-corrected chi connectivity index (χ1v) is 8.53. The molecule has 0 saturated heterocycles. The Morgan fingerprint density at radius 3 is 2.84 bits per heavy atom. The smallest absolute Gasteiger partial charge is 0.292 e. The van der Waals surface area contributed by atoms with Gasteiger partial charge in [-0.05, 0) is 30.7 Å². The molecule has 0 aliphatic rings. The van der Waals surface area contributed by atoms with E-state index in [1.54, 1.807) is 11.3 Å². The topological polar surface area (TPSA) is 111 Å². The molecule has 0 aliphatic carbocycles. The van der Waals surface area contributed by atoms with Crippen molar-refractivity contribution >= 4 is 38.8 Å². The summed E-state index contributed by atoms with van der Waals surface area (Å²) in [4.78, 5) is 26.9. The van der Waals surface area contributed by atoms with Gasteiger partial charge in [-0.3, -0.25) is 14.9 Å². The Balaban J connectivity index is 1.54. The van der Waals surface area contributed by atoms with Crippen LogP contribution in [-0.2, 0) is 6.42 Å². The highest BCUT2D eigenvalue weighted by Gasteiger charge is 2.15. The average Bonchev–Trinajstić information content (AvgIpc) is 3.01. The number of nitrogens with zero attached hydrogens (tertiary/aromatic N) is 2. The molecule has 0 unspecified atom stereocenters. The number of nitrogens with one attached hydrogen (secondary N) is 1. The van der Waals surface area contributed by atoms with Crippen LogP contribution in [-0.4, -0.2) is 22.4 Å². The Labute approximate surface area is 147 Å². The van der Waals surface area contributed by atoms with Crippen LogP contribution in [0.5, 0.6) is 0 Å². The minimum absolute atomic E-state index is 0.0392. The van der Waals surface area contributed by atoms with Crippen molar-refractivity contribution in [2.24, 2.45) is 0 Å². The van der Waals surface area contributed by atoms with Gasteiger partial charge in [0.25, 0.3) is 11.6 Å². The fourth-order valence-corrected chi connectivity index (χ4v) is 3.42. The molecule has 2 aromatic carbocycles. The third kappa shape index (κ3) is 3.92. The molecule has 0 bridgehead atoms. The van der Waals surface area contributed by atoms with Gasteiger partial charge >= 0.3 is 0 Å². The molecular formula is C17H16N4O3S. The zero-order valence-electron chi connectivity index (χ0n) is 13.3. The molecule has 0 spiro atoms. The number of hydrogen-bond acceptors (Lipinski definition) is 6. The highest BCUT2D eigenvalue weighted by atomic mass is 32.1. The van der Waals surface area contributed by atoms with Crippen LogP contribution in [0.3, 0.4) is 0 Å². The SMILES string of the molecule is Nc1ccc(C(=O)NCCCc2nc3ccccc3s2)cc1[N+](=O)[O-]. The second kappa shape index (κ2) is 7.27. The number of benzene rings is 2. The number of aromatic nitrogens is 1. The summed E-state index contributed by atoms with van der Waals surface area (Å²) in [5.74, 6) is -0.354. The lowest BCUT2D eigenvalue weighted by Gasteiger charge is -2.05. The Bertz CT molecular complexity index is 906. The number of nitrogen functional groups attached to an aromatic ring is 1. The molecule has 8 heteroatoms. The van der Waals surface area contributed by atoms with Crippen molar-refractivity contribution < 1.29 is 9.72 Å². The van der Waals surface area contributed by atoms with Crippen LogP contribution in [0.1, 0.15) is 21.8 Å². The lowest BCUT2D eigenvalue weighted by atomic mass is 10.1. The molecule has 0 fully saturated rings. The number of thiazole rings is 1. The minimum atomic E-state index is -0.598. The van der Waals surface area contributed by atoms with Gasteiger partial charge in [0, 0.05) is 24.6 Å². The normalized spacial score (nSPS) is 10.7. The van der Waals surface area contributed by atoms with E-state index in [-0.39, 0.29) is 22.8 Å². The predicted molar refractivity (Wildman–Crippen MR) is 97.8 cm³/mol. The van der Waals surface area contributed by atoms with Crippen LogP contribution >= 0.6 is 11.3 Å². The molecule has 0 saturated carbocycles. The van der Waals surface area contributed by atoms with E-state index in [1.165, 1.54) is 18.2 Å². The van der Waals surface area contributed by atoms with E-state index >= 15 is 0 Å². The summed E-state index contributed by atoms with van der Waals surface area (Å²) in [5, 5.41) is 14.7. The number of para-hydroxylation sites is 1. The van der Waals surface area contributed by atoms with Crippen LogP contribution in [0.2, 0.25) is 0 Å². The van der Waals surface area contributed by atoms with Gasteiger partial charge in [-0.15, -0.1) is 11.3 Å². The summed E-state index contributed by atoms with van der Waals surface area (Å²) >= 11 is 1.65. The van der Waals surface area contributed by atoms with E-state index < -0.39 is 4.92 Å². The largest absolute Gasteiger partial charge is 0.393 e. The molecule has 3 rings (SSSR count). The zero-order valence-corrected chi connectivity index (χ0v) is 14.1. The van der Waals surface area contributed by atoms with Crippen molar-refractivity contribution in [3.8, 4) is 0 Å².